The van der Waals surface area contributed by atoms with Crippen molar-refractivity contribution in [3.05, 3.63) is 57.9 Å². The Bertz CT molecular complexity index is 744. The van der Waals surface area contributed by atoms with Crippen LogP contribution >= 0.6 is 22.6 Å². The van der Waals surface area contributed by atoms with Crippen LogP contribution in [0.25, 0.3) is 11.5 Å². The molecule has 0 amide bonds. The molecule has 1 aromatic heterocycles. The van der Waals surface area contributed by atoms with Crippen molar-refractivity contribution in [3.63, 3.8) is 0 Å². The maximum Gasteiger partial charge on any atom is 0.258 e. The summed E-state index contributed by atoms with van der Waals surface area (Å²) in [6.45, 7) is 0.226. The standard InChI is InChI=1S/C15H11IN2O3/c16-12-7-6-10(8-13(12)19)15-17-14(18-21-15)9-20-11-4-2-1-3-5-11/h1-8,19H,9H2. The molecule has 0 fully saturated rings. The topological polar surface area (TPSA) is 68.4 Å². The van der Waals surface area contributed by atoms with E-state index in [0.29, 0.717) is 17.3 Å². The summed E-state index contributed by atoms with van der Waals surface area (Å²) in [5, 5.41) is 13.6. The first kappa shape index (κ1) is 13.9. The van der Waals surface area contributed by atoms with Gasteiger partial charge < -0.3 is 14.4 Å². The van der Waals surface area contributed by atoms with Gasteiger partial charge in [-0.1, -0.05) is 23.4 Å². The molecular weight excluding hydrogens is 383 g/mol. The zero-order chi connectivity index (χ0) is 14.7. The van der Waals surface area contributed by atoms with Crippen LogP contribution in [0.3, 0.4) is 0 Å². The van der Waals surface area contributed by atoms with Crippen molar-refractivity contribution >= 4 is 22.6 Å². The Morgan fingerprint density at radius 2 is 1.95 bits per heavy atom. The predicted octanol–water partition coefficient (Wildman–Crippen LogP) is 3.63. The third kappa shape index (κ3) is 3.33. The summed E-state index contributed by atoms with van der Waals surface area (Å²) in [5.74, 6) is 1.74. The molecule has 1 N–H and O–H groups in total. The number of aromatic nitrogens is 2. The van der Waals surface area contributed by atoms with Crippen molar-refractivity contribution in [1.82, 2.24) is 10.1 Å². The predicted molar refractivity (Wildman–Crippen MR) is 84.9 cm³/mol. The molecule has 5 nitrogen and oxygen atoms in total. The summed E-state index contributed by atoms with van der Waals surface area (Å²) in [4.78, 5) is 4.25. The van der Waals surface area contributed by atoms with E-state index in [9.17, 15) is 5.11 Å². The fourth-order valence-corrected chi connectivity index (χ4v) is 2.08. The molecule has 0 saturated heterocycles. The Labute approximate surface area is 134 Å². The fraction of sp³-hybridized carbons (Fsp3) is 0.0667. The van der Waals surface area contributed by atoms with Gasteiger partial charge in [0.1, 0.15) is 11.5 Å². The number of ether oxygens (including phenoxy) is 1. The van der Waals surface area contributed by atoms with E-state index in [2.05, 4.69) is 10.1 Å². The average Bonchev–Trinajstić information content (AvgIpc) is 2.98. The van der Waals surface area contributed by atoms with Crippen LogP contribution in [0, 0.1) is 3.57 Å². The van der Waals surface area contributed by atoms with Crippen molar-refractivity contribution in [2.24, 2.45) is 0 Å². The van der Waals surface area contributed by atoms with Crippen molar-refractivity contribution in [1.29, 1.82) is 0 Å². The molecule has 0 bridgehead atoms. The van der Waals surface area contributed by atoms with E-state index >= 15 is 0 Å². The monoisotopic (exact) mass is 394 g/mol. The van der Waals surface area contributed by atoms with Crippen molar-refractivity contribution in [3.8, 4) is 23.0 Å². The fourth-order valence-electron chi connectivity index (χ4n) is 1.74. The van der Waals surface area contributed by atoms with E-state index < -0.39 is 0 Å². The summed E-state index contributed by atoms with van der Waals surface area (Å²) < 4.78 is 11.5. The van der Waals surface area contributed by atoms with Gasteiger partial charge in [0.2, 0.25) is 5.82 Å². The van der Waals surface area contributed by atoms with Gasteiger partial charge in [0.15, 0.2) is 6.61 Å². The molecule has 6 heteroatoms. The molecule has 0 unspecified atom stereocenters. The Kier molecular flexibility index (Phi) is 4.05. The molecule has 2 aromatic carbocycles. The first-order valence-electron chi connectivity index (χ1n) is 6.22. The molecule has 106 valence electrons. The number of hydrogen-bond donors (Lipinski definition) is 1. The van der Waals surface area contributed by atoms with Crippen LogP contribution < -0.4 is 4.74 Å². The molecule has 21 heavy (non-hydrogen) atoms. The largest absolute Gasteiger partial charge is 0.507 e. The summed E-state index contributed by atoms with van der Waals surface area (Å²) in [6.07, 6.45) is 0. The van der Waals surface area contributed by atoms with Gasteiger partial charge in [-0.3, -0.25) is 0 Å². The van der Waals surface area contributed by atoms with Crippen molar-refractivity contribution in [2.45, 2.75) is 6.61 Å². The van der Waals surface area contributed by atoms with Gasteiger partial charge in [-0.2, -0.15) is 4.98 Å². The number of rotatable bonds is 4. The van der Waals surface area contributed by atoms with Gasteiger partial charge >= 0.3 is 0 Å². The molecule has 0 aliphatic heterocycles. The number of aromatic hydroxyl groups is 1. The quantitative estimate of drug-likeness (QED) is 0.685. The number of benzene rings is 2. The lowest BCUT2D eigenvalue weighted by Crippen LogP contribution is -1.97. The van der Waals surface area contributed by atoms with Gasteiger partial charge in [0.05, 0.1) is 3.57 Å². The lowest BCUT2D eigenvalue weighted by molar-refractivity contribution is 0.287. The number of phenols is 1. The highest BCUT2D eigenvalue weighted by Crippen LogP contribution is 2.26. The Hall–Kier alpha value is -2.09. The van der Waals surface area contributed by atoms with Gasteiger partial charge in [-0.25, -0.2) is 0 Å². The van der Waals surface area contributed by atoms with Crippen LogP contribution in [0.2, 0.25) is 0 Å². The third-order valence-corrected chi connectivity index (χ3v) is 3.68. The maximum absolute atomic E-state index is 9.70. The van der Waals surface area contributed by atoms with E-state index in [4.69, 9.17) is 9.26 Å². The molecule has 0 radical (unpaired) electrons. The third-order valence-electron chi connectivity index (χ3n) is 2.77. The highest BCUT2D eigenvalue weighted by Gasteiger charge is 2.11. The molecule has 0 aliphatic rings. The number of nitrogens with zero attached hydrogens (tertiary/aromatic N) is 2. The van der Waals surface area contributed by atoms with E-state index in [1.807, 2.05) is 59.0 Å². The highest BCUT2D eigenvalue weighted by atomic mass is 127. The second-order valence-electron chi connectivity index (χ2n) is 4.28. The smallest absolute Gasteiger partial charge is 0.258 e. The summed E-state index contributed by atoms with van der Waals surface area (Å²) in [5.41, 5.74) is 0.673. The lowest BCUT2D eigenvalue weighted by atomic mass is 10.2. The van der Waals surface area contributed by atoms with E-state index in [0.717, 1.165) is 9.32 Å². The van der Waals surface area contributed by atoms with E-state index in [1.54, 1.807) is 12.1 Å². The summed E-state index contributed by atoms with van der Waals surface area (Å²) in [6, 6.07) is 14.6. The summed E-state index contributed by atoms with van der Waals surface area (Å²) >= 11 is 2.05. The molecule has 3 rings (SSSR count). The molecular formula is C15H11IN2O3. The van der Waals surface area contributed by atoms with Crippen LogP contribution in [0.15, 0.2) is 53.1 Å². The SMILES string of the molecule is Oc1cc(-c2nc(COc3ccccc3)no2)ccc1I. The van der Waals surface area contributed by atoms with Crippen LogP contribution in [-0.4, -0.2) is 15.2 Å². The highest BCUT2D eigenvalue weighted by molar-refractivity contribution is 14.1. The molecule has 0 aliphatic carbocycles. The van der Waals surface area contributed by atoms with Crippen molar-refractivity contribution in [2.75, 3.05) is 0 Å². The zero-order valence-corrected chi connectivity index (χ0v) is 13.0. The Balaban J connectivity index is 1.72. The minimum absolute atomic E-state index is 0.188. The number of para-hydroxylation sites is 1. The normalized spacial score (nSPS) is 10.5. The molecule has 0 atom stereocenters. The Morgan fingerprint density at radius 3 is 2.71 bits per heavy atom. The van der Waals surface area contributed by atoms with E-state index in [1.165, 1.54) is 0 Å². The van der Waals surface area contributed by atoms with E-state index in [-0.39, 0.29) is 12.4 Å². The second-order valence-corrected chi connectivity index (χ2v) is 5.45. The zero-order valence-electron chi connectivity index (χ0n) is 10.9. The van der Waals surface area contributed by atoms with Crippen LogP contribution in [0.4, 0.5) is 0 Å². The van der Waals surface area contributed by atoms with Gasteiger partial charge in [0.25, 0.3) is 5.89 Å². The minimum atomic E-state index is 0.188. The molecule has 0 spiro atoms. The van der Waals surface area contributed by atoms with Gasteiger partial charge in [0, 0.05) is 5.56 Å². The van der Waals surface area contributed by atoms with Crippen LogP contribution in [-0.2, 0) is 6.61 Å². The lowest BCUT2D eigenvalue weighted by Gasteiger charge is -2.01. The molecule has 1 heterocycles. The van der Waals surface area contributed by atoms with Crippen molar-refractivity contribution < 1.29 is 14.4 Å². The number of halogens is 1. The van der Waals surface area contributed by atoms with Crippen LogP contribution in [0.1, 0.15) is 5.82 Å². The number of phenolic OH excluding ortho intramolecular Hbond substituents is 1. The van der Waals surface area contributed by atoms with Gasteiger partial charge in [-0.05, 0) is 52.9 Å². The number of hydrogen-bond acceptors (Lipinski definition) is 5. The first-order valence-corrected chi connectivity index (χ1v) is 7.29. The van der Waals surface area contributed by atoms with Gasteiger partial charge in [-0.15, -0.1) is 0 Å². The van der Waals surface area contributed by atoms with Crippen LogP contribution in [0.5, 0.6) is 11.5 Å². The second kappa shape index (κ2) is 6.13. The minimum Gasteiger partial charge on any atom is -0.507 e. The average molecular weight is 394 g/mol. The Morgan fingerprint density at radius 1 is 1.14 bits per heavy atom. The first-order chi connectivity index (χ1) is 10.2. The molecule has 3 aromatic rings. The summed E-state index contributed by atoms with van der Waals surface area (Å²) in [7, 11) is 0. The maximum atomic E-state index is 9.70. The molecule has 0 saturated carbocycles.